The maximum Gasteiger partial charge on any atom is 0.329 e. The quantitative estimate of drug-likeness (QED) is 0.397. The molecule has 1 amide bonds. The molecule has 2 aromatic carbocycles. The van der Waals surface area contributed by atoms with Crippen LogP contribution in [0.4, 0.5) is 8.78 Å². The molecule has 2 heterocycles. The summed E-state index contributed by atoms with van der Waals surface area (Å²) in [5.41, 5.74) is -1.24. The minimum atomic E-state index is -1.41. The molecule has 4 rings (SSSR count). The molecule has 0 bridgehead atoms. The van der Waals surface area contributed by atoms with Gasteiger partial charge in [0.05, 0.1) is 35.3 Å². The second-order valence-electron chi connectivity index (χ2n) is 8.26. The van der Waals surface area contributed by atoms with Crippen molar-refractivity contribution >= 4 is 16.8 Å². The van der Waals surface area contributed by atoms with E-state index in [0.717, 1.165) is 18.2 Å². The number of H-pyrrole nitrogens is 1. The number of para-hydroxylation sites is 1. The molecule has 0 saturated heterocycles. The van der Waals surface area contributed by atoms with Gasteiger partial charge in [-0.2, -0.15) is 5.26 Å². The third-order valence-electron chi connectivity index (χ3n) is 5.88. The van der Waals surface area contributed by atoms with Crippen LogP contribution in [0.2, 0.25) is 0 Å². The first-order chi connectivity index (χ1) is 17.7. The Kier molecular flexibility index (Phi) is 7.11. The molecule has 0 aliphatic carbocycles. The van der Waals surface area contributed by atoms with Gasteiger partial charge in [-0.1, -0.05) is 18.2 Å². The molecule has 0 unspecified atom stereocenters. The summed E-state index contributed by atoms with van der Waals surface area (Å²) in [6.07, 6.45) is 1.02. The SMILES string of the molecule is COc1ccccc1C[C@@H](C(=O)N[C@@H](C)c1ncc(C#N)cc1F)n1c(=O)[nH]c2ccc(F)cc2c1=O. The van der Waals surface area contributed by atoms with E-state index in [9.17, 15) is 23.2 Å². The largest absolute Gasteiger partial charge is 0.496 e. The van der Waals surface area contributed by atoms with Gasteiger partial charge in [0, 0.05) is 12.6 Å². The number of halogens is 2. The first-order valence-corrected chi connectivity index (χ1v) is 11.2. The Bertz CT molecular complexity index is 1660. The van der Waals surface area contributed by atoms with Crippen LogP contribution >= 0.6 is 0 Å². The van der Waals surface area contributed by atoms with Gasteiger partial charge in [0.15, 0.2) is 0 Å². The van der Waals surface area contributed by atoms with Crippen molar-refractivity contribution in [3.05, 3.63) is 104 Å². The molecule has 2 N–H and O–H groups in total. The highest BCUT2D eigenvalue weighted by Crippen LogP contribution is 2.24. The third-order valence-corrected chi connectivity index (χ3v) is 5.88. The number of methoxy groups -OCH3 is 1. The summed E-state index contributed by atoms with van der Waals surface area (Å²) < 4.78 is 34.5. The number of rotatable bonds is 7. The lowest BCUT2D eigenvalue weighted by atomic mass is 10.0. The van der Waals surface area contributed by atoms with Gasteiger partial charge in [0.1, 0.15) is 29.5 Å². The average Bonchev–Trinajstić information content (AvgIpc) is 2.88. The molecule has 11 heteroatoms. The van der Waals surface area contributed by atoms with Gasteiger partial charge < -0.3 is 15.0 Å². The van der Waals surface area contributed by atoms with Gasteiger partial charge in [-0.05, 0) is 42.8 Å². The zero-order valence-electron chi connectivity index (χ0n) is 19.8. The molecule has 2 atom stereocenters. The summed E-state index contributed by atoms with van der Waals surface area (Å²) >= 11 is 0. The van der Waals surface area contributed by atoms with E-state index in [-0.39, 0.29) is 28.6 Å². The average molecular weight is 505 g/mol. The normalized spacial score (nSPS) is 12.5. The van der Waals surface area contributed by atoms with Crippen molar-refractivity contribution in [2.24, 2.45) is 0 Å². The summed E-state index contributed by atoms with van der Waals surface area (Å²) in [4.78, 5) is 46.3. The molecular formula is C26H21F2N5O4. The van der Waals surface area contributed by atoms with Crippen LogP contribution in [0.1, 0.15) is 35.8 Å². The van der Waals surface area contributed by atoms with Crippen LogP contribution in [-0.4, -0.2) is 27.6 Å². The number of amides is 1. The van der Waals surface area contributed by atoms with Gasteiger partial charge in [-0.25, -0.2) is 18.1 Å². The molecule has 0 radical (unpaired) electrons. The fraction of sp³-hybridized carbons (Fsp3) is 0.192. The van der Waals surface area contributed by atoms with Gasteiger partial charge in [0.2, 0.25) is 5.91 Å². The molecule has 2 aromatic heterocycles. The monoisotopic (exact) mass is 505 g/mol. The number of carbonyl (C=O) groups is 1. The van der Waals surface area contributed by atoms with Crippen molar-refractivity contribution in [2.45, 2.75) is 25.4 Å². The van der Waals surface area contributed by atoms with Crippen LogP contribution in [0.3, 0.4) is 0 Å². The maximum atomic E-state index is 14.5. The standard InChI is InChI=1S/C26H21F2N5O4/c1-14(23-19(28)9-15(12-29)13-30-23)31-24(34)21(10-16-5-3-4-6-22(16)37-2)33-25(35)18-11-17(27)7-8-20(18)32-26(33)36/h3-9,11,13-14,21H,10H2,1-2H3,(H,31,34)(H,32,36)/t14-,21-/m0/s1. The van der Waals surface area contributed by atoms with Crippen LogP contribution in [0.15, 0.2) is 64.3 Å². The van der Waals surface area contributed by atoms with E-state index in [2.05, 4.69) is 15.3 Å². The van der Waals surface area contributed by atoms with Crippen LogP contribution < -0.4 is 21.3 Å². The molecule has 0 aliphatic rings. The van der Waals surface area contributed by atoms with Gasteiger partial charge in [-0.3, -0.25) is 14.6 Å². The first kappa shape index (κ1) is 25.2. The Morgan fingerprint density at radius 2 is 1.97 bits per heavy atom. The number of benzene rings is 2. The fourth-order valence-electron chi connectivity index (χ4n) is 4.07. The summed E-state index contributed by atoms with van der Waals surface area (Å²) in [7, 11) is 1.44. The lowest BCUT2D eigenvalue weighted by Crippen LogP contribution is -2.46. The molecular weight excluding hydrogens is 484 g/mol. The van der Waals surface area contributed by atoms with E-state index in [0.29, 0.717) is 15.9 Å². The number of carbonyl (C=O) groups excluding carboxylic acids is 1. The number of nitrogens with zero attached hydrogens (tertiary/aromatic N) is 3. The molecule has 0 aliphatic heterocycles. The number of hydrogen-bond donors (Lipinski definition) is 2. The number of aromatic amines is 1. The minimum absolute atomic E-state index is 0.00954. The number of nitriles is 1. The Balaban J connectivity index is 1.80. The molecule has 4 aromatic rings. The highest BCUT2D eigenvalue weighted by Gasteiger charge is 2.29. The van der Waals surface area contributed by atoms with Crippen molar-refractivity contribution in [3.8, 4) is 11.8 Å². The second-order valence-corrected chi connectivity index (χ2v) is 8.26. The summed E-state index contributed by atoms with van der Waals surface area (Å²) in [5.74, 6) is -1.86. The fourth-order valence-corrected chi connectivity index (χ4v) is 4.07. The molecule has 9 nitrogen and oxygen atoms in total. The lowest BCUT2D eigenvalue weighted by molar-refractivity contribution is -0.125. The van der Waals surface area contributed by atoms with Crippen LogP contribution in [0.25, 0.3) is 10.9 Å². The topological polar surface area (TPSA) is 130 Å². The zero-order valence-corrected chi connectivity index (χ0v) is 19.8. The van der Waals surface area contributed by atoms with Crippen LogP contribution in [0, 0.1) is 23.0 Å². The van der Waals surface area contributed by atoms with Gasteiger partial charge in [-0.15, -0.1) is 0 Å². The van der Waals surface area contributed by atoms with E-state index in [4.69, 9.17) is 10.00 Å². The van der Waals surface area contributed by atoms with Crippen molar-refractivity contribution < 1.29 is 18.3 Å². The molecule has 188 valence electrons. The lowest BCUT2D eigenvalue weighted by Gasteiger charge is -2.22. The molecule has 37 heavy (non-hydrogen) atoms. The van der Waals surface area contributed by atoms with Crippen molar-refractivity contribution in [3.63, 3.8) is 0 Å². The number of hydrogen-bond acceptors (Lipinski definition) is 6. The second kappa shape index (κ2) is 10.4. The maximum absolute atomic E-state index is 14.5. The number of aromatic nitrogens is 3. The van der Waals surface area contributed by atoms with Crippen molar-refractivity contribution in [1.29, 1.82) is 5.26 Å². The highest BCUT2D eigenvalue weighted by molar-refractivity contribution is 5.82. The van der Waals surface area contributed by atoms with Crippen molar-refractivity contribution in [2.75, 3.05) is 7.11 Å². The number of fused-ring (bicyclic) bond motifs is 1. The van der Waals surface area contributed by atoms with Crippen molar-refractivity contribution in [1.82, 2.24) is 19.9 Å². The Labute approximate surface area is 209 Å². The minimum Gasteiger partial charge on any atom is -0.496 e. The summed E-state index contributed by atoms with van der Waals surface area (Å²) in [6, 6.07) is 10.5. The Hall–Kier alpha value is -4.85. The van der Waals surface area contributed by atoms with Gasteiger partial charge in [0.25, 0.3) is 5.56 Å². The predicted molar refractivity (Wildman–Crippen MR) is 130 cm³/mol. The van der Waals surface area contributed by atoms with E-state index in [1.54, 1.807) is 30.3 Å². The summed E-state index contributed by atoms with van der Waals surface area (Å²) in [5, 5.41) is 11.4. The molecule has 0 saturated carbocycles. The van der Waals surface area contributed by atoms with E-state index < -0.39 is 40.9 Å². The summed E-state index contributed by atoms with van der Waals surface area (Å²) in [6.45, 7) is 1.47. The number of nitrogens with one attached hydrogen (secondary N) is 2. The number of pyridine rings is 1. The number of ether oxygens (including phenoxy) is 1. The van der Waals surface area contributed by atoms with Crippen LogP contribution in [0.5, 0.6) is 5.75 Å². The highest BCUT2D eigenvalue weighted by atomic mass is 19.1. The van der Waals surface area contributed by atoms with E-state index in [1.807, 2.05) is 0 Å². The third kappa shape index (κ3) is 5.08. The Morgan fingerprint density at radius 3 is 2.68 bits per heavy atom. The van der Waals surface area contributed by atoms with Crippen LogP contribution in [-0.2, 0) is 11.2 Å². The van der Waals surface area contributed by atoms with E-state index >= 15 is 0 Å². The van der Waals surface area contributed by atoms with Gasteiger partial charge >= 0.3 is 5.69 Å². The van der Waals surface area contributed by atoms with E-state index in [1.165, 1.54) is 26.3 Å². The molecule has 0 fully saturated rings. The predicted octanol–water partition coefficient (Wildman–Crippen LogP) is 2.90. The Morgan fingerprint density at radius 1 is 1.22 bits per heavy atom. The molecule has 0 spiro atoms. The first-order valence-electron chi connectivity index (χ1n) is 11.2. The zero-order chi connectivity index (χ0) is 26.7. The smallest absolute Gasteiger partial charge is 0.329 e.